The highest BCUT2D eigenvalue weighted by Crippen LogP contribution is 2.45. The molecule has 0 radical (unpaired) electrons. The molecule has 7 heteroatoms. The summed E-state index contributed by atoms with van der Waals surface area (Å²) in [5, 5.41) is 0. The molecule has 4 nitrogen and oxygen atoms in total. The van der Waals surface area contributed by atoms with Crippen molar-refractivity contribution in [2.24, 2.45) is 5.92 Å². The molecule has 0 N–H and O–H groups in total. The number of unbranched alkanes of at least 4 members (excludes halogenated alkanes) is 1. The van der Waals surface area contributed by atoms with Gasteiger partial charge in [-0.2, -0.15) is 0 Å². The average molecular weight is 496 g/mol. The predicted molar refractivity (Wildman–Crippen MR) is 129 cm³/mol. The number of nitrogens with zero attached hydrogens (tertiary/aromatic N) is 2. The van der Waals surface area contributed by atoms with Crippen LogP contribution in [-0.4, -0.2) is 34.1 Å². The fourth-order valence-electron chi connectivity index (χ4n) is 3.85. The van der Waals surface area contributed by atoms with E-state index in [-0.39, 0.29) is 11.8 Å². The van der Waals surface area contributed by atoms with Crippen LogP contribution in [0, 0.1) is 5.92 Å². The van der Waals surface area contributed by atoms with E-state index in [0.717, 1.165) is 47.8 Å². The Kier molecular flexibility index (Phi) is 7.57. The molecule has 0 aliphatic carbocycles. The van der Waals surface area contributed by atoms with E-state index in [4.69, 9.17) is 12.2 Å². The maximum absolute atomic E-state index is 13.3. The second kappa shape index (κ2) is 9.75. The Morgan fingerprint density at radius 2 is 1.86 bits per heavy atom. The van der Waals surface area contributed by atoms with Crippen LogP contribution in [0.15, 0.2) is 27.6 Å². The van der Waals surface area contributed by atoms with Crippen LogP contribution in [0.3, 0.4) is 0 Å². The SMILES string of the molecule is CCCCC(CC)CN1C(=O)/C(=C2\C(=O)N(CCC)c3ccc(Br)cc32)SC1=S. The van der Waals surface area contributed by atoms with Gasteiger partial charge in [0.05, 0.1) is 16.2 Å². The van der Waals surface area contributed by atoms with E-state index >= 15 is 0 Å². The molecule has 0 saturated carbocycles. The molecule has 1 atom stereocenters. The summed E-state index contributed by atoms with van der Waals surface area (Å²) in [7, 11) is 0. The van der Waals surface area contributed by atoms with Gasteiger partial charge in [0.2, 0.25) is 0 Å². The lowest BCUT2D eigenvalue weighted by atomic mass is 9.98. The molecule has 0 bridgehead atoms. The maximum atomic E-state index is 13.3. The first-order valence-corrected chi connectivity index (χ1v) is 12.3. The molecule has 1 fully saturated rings. The van der Waals surface area contributed by atoms with Crippen molar-refractivity contribution in [3.8, 4) is 0 Å². The predicted octanol–water partition coefficient (Wildman–Crippen LogP) is 5.99. The number of amides is 2. The first-order chi connectivity index (χ1) is 13.9. The van der Waals surface area contributed by atoms with Crippen LogP contribution in [0.2, 0.25) is 0 Å². The van der Waals surface area contributed by atoms with Gasteiger partial charge < -0.3 is 4.90 Å². The molecule has 0 aromatic heterocycles. The quantitative estimate of drug-likeness (QED) is 0.328. The first kappa shape index (κ1) is 22.5. The molecule has 29 heavy (non-hydrogen) atoms. The minimum absolute atomic E-state index is 0.0986. The normalized spacial score (nSPS) is 20.1. The smallest absolute Gasteiger partial charge is 0.267 e. The Balaban J connectivity index is 1.97. The van der Waals surface area contributed by atoms with Crippen molar-refractivity contribution in [2.75, 3.05) is 18.0 Å². The van der Waals surface area contributed by atoms with Crippen molar-refractivity contribution in [3.05, 3.63) is 33.1 Å². The zero-order valence-corrected chi connectivity index (χ0v) is 20.4. The molecule has 2 aliphatic heterocycles. The molecule has 1 saturated heterocycles. The number of benzene rings is 1. The van der Waals surface area contributed by atoms with Gasteiger partial charge >= 0.3 is 0 Å². The van der Waals surface area contributed by atoms with Crippen molar-refractivity contribution in [3.63, 3.8) is 0 Å². The maximum Gasteiger partial charge on any atom is 0.267 e. The topological polar surface area (TPSA) is 40.6 Å². The number of halogens is 1. The number of hydrogen-bond acceptors (Lipinski definition) is 4. The molecule has 156 valence electrons. The molecule has 1 unspecified atom stereocenters. The summed E-state index contributed by atoms with van der Waals surface area (Å²) in [6.45, 7) is 7.65. The van der Waals surface area contributed by atoms with Gasteiger partial charge in [0, 0.05) is 23.1 Å². The van der Waals surface area contributed by atoms with Crippen LogP contribution in [0.25, 0.3) is 5.57 Å². The summed E-state index contributed by atoms with van der Waals surface area (Å²) in [6.07, 6.45) is 5.26. The Morgan fingerprint density at radius 1 is 1.10 bits per heavy atom. The average Bonchev–Trinajstić information content (AvgIpc) is 3.12. The fraction of sp³-hybridized carbons (Fsp3) is 0.500. The molecule has 3 rings (SSSR count). The lowest BCUT2D eigenvalue weighted by Gasteiger charge is -2.21. The third kappa shape index (κ3) is 4.47. The van der Waals surface area contributed by atoms with Crippen molar-refractivity contribution in [2.45, 2.75) is 52.9 Å². The van der Waals surface area contributed by atoms with Gasteiger partial charge in [-0.05, 0) is 37.0 Å². The van der Waals surface area contributed by atoms with E-state index in [0.29, 0.717) is 33.8 Å². The highest BCUT2D eigenvalue weighted by atomic mass is 79.9. The molecular weight excluding hydrogens is 468 g/mol. The summed E-state index contributed by atoms with van der Waals surface area (Å²) in [6, 6.07) is 5.81. The number of thioether (sulfide) groups is 1. The lowest BCUT2D eigenvalue weighted by molar-refractivity contribution is -0.123. The standard InChI is InChI=1S/C22H27BrN2O2S2/c1-4-7-8-14(6-3)13-25-21(27)19(29-22(25)28)18-16-12-15(23)9-10-17(16)24(11-5-2)20(18)26/h9-10,12,14H,4-8,11,13H2,1-3H3/b19-18+. The highest BCUT2D eigenvalue weighted by Gasteiger charge is 2.42. The number of rotatable bonds is 8. The van der Waals surface area contributed by atoms with Crippen LogP contribution in [-0.2, 0) is 9.59 Å². The molecule has 2 aliphatic rings. The van der Waals surface area contributed by atoms with Crippen molar-refractivity contribution in [1.82, 2.24) is 4.90 Å². The third-order valence-corrected chi connectivity index (χ3v) is 7.43. The fourth-order valence-corrected chi connectivity index (χ4v) is 5.56. The van der Waals surface area contributed by atoms with Gasteiger partial charge in [-0.15, -0.1) is 0 Å². The molecule has 2 amide bonds. The van der Waals surface area contributed by atoms with Gasteiger partial charge in [-0.1, -0.05) is 79.9 Å². The van der Waals surface area contributed by atoms with E-state index in [1.54, 1.807) is 9.80 Å². The summed E-state index contributed by atoms with van der Waals surface area (Å²) < 4.78 is 1.45. The summed E-state index contributed by atoms with van der Waals surface area (Å²) in [5.41, 5.74) is 2.18. The number of fused-ring (bicyclic) bond motifs is 1. The number of carbonyl (C=O) groups excluding carboxylic acids is 2. The number of hydrogen-bond donors (Lipinski definition) is 0. The third-order valence-electron chi connectivity index (χ3n) is 5.49. The monoisotopic (exact) mass is 494 g/mol. The number of carbonyl (C=O) groups is 2. The minimum Gasteiger partial charge on any atom is -0.308 e. The van der Waals surface area contributed by atoms with Crippen LogP contribution >= 0.6 is 39.9 Å². The number of thiocarbonyl (C=S) groups is 1. The Bertz CT molecular complexity index is 868. The van der Waals surface area contributed by atoms with Crippen molar-refractivity contribution < 1.29 is 9.59 Å². The zero-order chi connectivity index (χ0) is 21.1. The molecule has 1 aromatic carbocycles. The van der Waals surface area contributed by atoms with Gasteiger partial charge in [0.25, 0.3) is 11.8 Å². The van der Waals surface area contributed by atoms with E-state index in [1.165, 1.54) is 11.8 Å². The summed E-state index contributed by atoms with van der Waals surface area (Å²) in [5.74, 6) is 0.208. The van der Waals surface area contributed by atoms with E-state index in [2.05, 4.69) is 29.8 Å². The van der Waals surface area contributed by atoms with Gasteiger partial charge in [0.1, 0.15) is 4.32 Å². The first-order valence-electron chi connectivity index (χ1n) is 10.3. The van der Waals surface area contributed by atoms with Crippen LogP contribution in [0.4, 0.5) is 5.69 Å². The second-order valence-corrected chi connectivity index (χ2v) is 10.1. The summed E-state index contributed by atoms with van der Waals surface area (Å²) >= 11 is 10.3. The van der Waals surface area contributed by atoms with E-state index < -0.39 is 0 Å². The second-order valence-electron chi connectivity index (χ2n) is 7.52. The van der Waals surface area contributed by atoms with Crippen LogP contribution in [0.1, 0.15) is 58.4 Å². The molecular formula is C22H27BrN2O2S2. The van der Waals surface area contributed by atoms with Gasteiger partial charge in [-0.25, -0.2) is 0 Å². The van der Waals surface area contributed by atoms with Crippen LogP contribution < -0.4 is 4.90 Å². The van der Waals surface area contributed by atoms with Gasteiger partial charge in [-0.3, -0.25) is 14.5 Å². The minimum atomic E-state index is -0.123. The van der Waals surface area contributed by atoms with Crippen LogP contribution in [0.5, 0.6) is 0 Å². The lowest BCUT2D eigenvalue weighted by Crippen LogP contribution is -2.33. The van der Waals surface area contributed by atoms with E-state index in [9.17, 15) is 9.59 Å². The molecule has 1 aromatic rings. The van der Waals surface area contributed by atoms with Crippen molar-refractivity contribution in [1.29, 1.82) is 0 Å². The number of anilines is 1. The Labute approximate surface area is 191 Å². The van der Waals surface area contributed by atoms with Gasteiger partial charge in [0.15, 0.2) is 0 Å². The largest absolute Gasteiger partial charge is 0.308 e. The molecule has 0 spiro atoms. The van der Waals surface area contributed by atoms with E-state index in [1.807, 2.05) is 25.1 Å². The van der Waals surface area contributed by atoms with Crippen molar-refractivity contribution >= 4 is 67.3 Å². The highest BCUT2D eigenvalue weighted by molar-refractivity contribution is 9.10. The Morgan fingerprint density at radius 3 is 2.52 bits per heavy atom. The molecule has 2 heterocycles. The summed E-state index contributed by atoms with van der Waals surface area (Å²) in [4.78, 5) is 30.5. The zero-order valence-electron chi connectivity index (χ0n) is 17.2. The Hall–Kier alpha value is -1.18.